The minimum Gasteiger partial charge on any atom is -0.469 e. The standard InChI is InChI=1S/C14H15FO2/c15-12-5-3-11(4-6-12)10-13(16)7-8-14-2-1-9-17-14/h1-6,9,13,16H,7-8,10H2. The fraction of sp³-hybridized carbons (Fsp3) is 0.286. The average molecular weight is 234 g/mol. The highest BCUT2D eigenvalue weighted by Gasteiger charge is 2.07. The number of hydrogen-bond acceptors (Lipinski definition) is 2. The lowest BCUT2D eigenvalue weighted by Gasteiger charge is -2.09. The van der Waals surface area contributed by atoms with Gasteiger partial charge in [-0.3, -0.25) is 0 Å². The molecule has 0 spiro atoms. The van der Waals surface area contributed by atoms with Gasteiger partial charge >= 0.3 is 0 Å². The van der Waals surface area contributed by atoms with Crippen molar-refractivity contribution >= 4 is 0 Å². The van der Waals surface area contributed by atoms with Crippen molar-refractivity contribution in [2.75, 3.05) is 0 Å². The maximum absolute atomic E-state index is 12.7. The fourth-order valence-electron chi connectivity index (χ4n) is 1.76. The summed E-state index contributed by atoms with van der Waals surface area (Å²) in [5.41, 5.74) is 0.943. The summed E-state index contributed by atoms with van der Waals surface area (Å²) in [4.78, 5) is 0. The second-order valence-corrected chi connectivity index (χ2v) is 4.10. The third kappa shape index (κ3) is 3.71. The Morgan fingerprint density at radius 1 is 1.18 bits per heavy atom. The SMILES string of the molecule is OC(CCc1ccco1)Cc1ccc(F)cc1. The quantitative estimate of drug-likeness (QED) is 0.862. The molecule has 0 saturated carbocycles. The highest BCUT2D eigenvalue weighted by atomic mass is 19.1. The third-order valence-corrected chi connectivity index (χ3v) is 2.69. The van der Waals surface area contributed by atoms with Gasteiger partial charge in [-0.2, -0.15) is 0 Å². The lowest BCUT2D eigenvalue weighted by atomic mass is 10.0. The van der Waals surface area contributed by atoms with Crippen LogP contribution in [0.4, 0.5) is 4.39 Å². The van der Waals surface area contributed by atoms with Crippen LogP contribution < -0.4 is 0 Å². The summed E-state index contributed by atoms with van der Waals surface area (Å²) in [5.74, 6) is 0.627. The van der Waals surface area contributed by atoms with Crippen LogP contribution in [0.15, 0.2) is 47.1 Å². The third-order valence-electron chi connectivity index (χ3n) is 2.69. The second-order valence-electron chi connectivity index (χ2n) is 4.10. The van der Waals surface area contributed by atoms with Crippen LogP contribution in [0.1, 0.15) is 17.7 Å². The van der Waals surface area contributed by atoms with Crippen LogP contribution in [0.3, 0.4) is 0 Å². The van der Waals surface area contributed by atoms with E-state index >= 15 is 0 Å². The zero-order valence-electron chi connectivity index (χ0n) is 9.47. The normalized spacial score (nSPS) is 12.6. The van der Waals surface area contributed by atoms with E-state index in [0.29, 0.717) is 12.8 Å². The van der Waals surface area contributed by atoms with E-state index in [1.54, 1.807) is 18.4 Å². The summed E-state index contributed by atoms with van der Waals surface area (Å²) in [6.07, 6.45) is 3.11. The molecule has 1 aromatic carbocycles. The summed E-state index contributed by atoms with van der Waals surface area (Å²) in [6, 6.07) is 9.95. The van der Waals surface area contributed by atoms with Gasteiger partial charge in [-0.1, -0.05) is 12.1 Å². The van der Waals surface area contributed by atoms with E-state index in [1.165, 1.54) is 12.1 Å². The van der Waals surface area contributed by atoms with E-state index < -0.39 is 6.10 Å². The van der Waals surface area contributed by atoms with Gasteiger partial charge in [0.05, 0.1) is 12.4 Å². The zero-order chi connectivity index (χ0) is 12.1. The zero-order valence-corrected chi connectivity index (χ0v) is 9.47. The van der Waals surface area contributed by atoms with Crippen LogP contribution in [-0.2, 0) is 12.8 Å². The summed E-state index contributed by atoms with van der Waals surface area (Å²) in [7, 11) is 0. The topological polar surface area (TPSA) is 33.4 Å². The molecule has 0 radical (unpaired) electrons. The number of hydrogen-bond donors (Lipinski definition) is 1. The first-order valence-electron chi connectivity index (χ1n) is 5.69. The molecule has 3 heteroatoms. The Balaban J connectivity index is 1.80. The minimum absolute atomic E-state index is 0.251. The Labute approximate surface area is 99.7 Å². The summed E-state index contributed by atoms with van der Waals surface area (Å²) in [6.45, 7) is 0. The van der Waals surface area contributed by atoms with E-state index in [-0.39, 0.29) is 5.82 Å². The number of furan rings is 1. The highest BCUT2D eigenvalue weighted by Crippen LogP contribution is 2.11. The molecular weight excluding hydrogens is 219 g/mol. The number of aryl methyl sites for hydroxylation is 1. The van der Waals surface area contributed by atoms with Crippen LogP contribution in [0.5, 0.6) is 0 Å². The second kappa shape index (κ2) is 5.64. The van der Waals surface area contributed by atoms with Crippen LogP contribution in [0, 0.1) is 5.82 Å². The molecule has 1 atom stereocenters. The Bertz CT molecular complexity index is 434. The minimum atomic E-state index is -0.425. The lowest BCUT2D eigenvalue weighted by molar-refractivity contribution is 0.163. The molecule has 1 unspecified atom stereocenters. The van der Waals surface area contributed by atoms with Crippen LogP contribution in [0.25, 0.3) is 0 Å². The van der Waals surface area contributed by atoms with Gasteiger partial charge in [0.1, 0.15) is 11.6 Å². The van der Waals surface area contributed by atoms with Gasteiger partial charge in [-0.05, 0) is 42.7 Å². The molecular formula is C14H15FO2. The van der Waals surface area contributed by atoms with Gasteiger partial charge in [0.15, 0.2) is 0 Å². The van der Waals surface area contributed by atoms with Gasteiger partial charge in [0.2, 0.25) is 0 Å². The Kier molecular flexibility index (Phi) is 3.94. The molecule has 0 aliphatic heterocycles. The van der Waals surface area contributed by atoms with Crippen molar-refractivity contribution in [2.24, 2.45) is 0 Å². The molecule has 0 amide bonds. The van der Waals surface area contributed by atoms with E-state index in [4.69, 9.17) is 4.42 Å². The number of halogens is 1. The maximum Gasteiger partial charge on any atom is 0.123 e. The molecule has 2 rings (SSSR count). The highest BCUT2D eigenvalue weighted by molar-refractivity contribution is 5.16. The fourth-order valence-corrected chi connectivity index (χ4v) is 1.76. The molecule has 1 aromatic heterocycles. The van der Waals surface area contributed by atoms with Crippen molar-refractivity contribution in [3.8, 4) is 0 Å². The molecule has 90 valence electrons. The van der Waals surface area contributed by atoms with Crippen LogP contribution in [-0.4, -0.2) is 11.2 Å². The van der Waals surface area contributed by atoms with Crippen molar-refractivity contribution in [2.45, 2.75) is 25.4 Å². The monoisotopic (exact) mass is 234 g/mol. The van der Waals surface area contributed by atoms with Crippen molar-refractivity contribution < 1.29 is 13.9 Å². The van der Waals surface area contributed by atoms with Crippen molar-refractivity contribution in [3.63, 3.8) is 0 Å². The number of benzene rings is 1. The molecule has 0 aliphatic rings. The summed E-state index contributed by atoms with van der Waals surface area (Å²) < 4.78 is 17.9. The van der Waals surface area contributed by atoms with Gasteiger partial charge in [0.25, 0.3) is 0 Å². The maximum atomic E-state index is 12.7. The summed E-state index contributed by atoms with van der Waals surface area (Å²) >= 11 is 0. The van der Waals surface area contributed by atoms with Gasteiger partial charge < -0.3 is 9.52 Å². The first kappa shape index (κ1) is 11.9. The first-order chi connectivity index (χ1) is 8.24. The van der Waals surface area contributed by atoms with E-state index in [2.05, 4.69) is 0 Å². The smallest absolute Gasteiger partial charge is 0.123 e. The molecule has 1 heterocycles. The molecule has 0 bridgehead atoms. The van der Waals surface area contributed by atoms with E-state index in [1.807, 2.05) is 12.1 Å². The molecule has 2 aromatic rings. The van der Waals surface area contributed by atoms with Gasteiger partial charge in [-0.15, -0.1) is 0 Å². The van der Waals surface area contributed by atoms with Crippen LogP contribution >= 0.6 is 0 Å². The van der Waals surface area contributed by atoms with Gasteiger partial charge in [-0.25, -0.2) is 4.39 Å². The van der Waals surface area contributed by atoms with Crippen molar-refractivity contribution in [3.05, 3.63) is 59.8 Å². The van der Waals surface area contributed by atoms with Crippen LogP contribution in [0.2, 0.25) is 0 Å². The van der Waals surface area contributed by atoms with Gasteiger partial charge in [0, 0.05) is 6.42 Å². The average Bonchev–Trinajstić information content (AvgIpc) is 2.83. The number of aliphatic hydroxyl groups excluding tert-OH is 1. The molecule has 17 heavy (non-hydrogen) atoms. The Morgan fingerprint density at radius 2 is 1.94 bits per heavy atom. The largest absolute Gasteiger partial charge is 0.469 e. The molecule has 0 saturated heterocycles. The van der Waals surface area contributed by atoms with E-state index in [9.17, 15) is 9.50 Å². The molecule has 1 N–H and O–H groups in total. The van der Waals surface area contributed by atoms with Crippen molar-refractivity contribution in [1.29, 1.82) is 0 Å². The molecule has 2 nitrogen and oxygen atoms in total. The molecule has 0 fully saturated rings. The Hall–Kier alpha value is -1.61. The van der Waals surface area contributed by atoms with Crippen molar-refractivity contribution in [1.82, 2.24) is 0 Å². The molecule has 0 aliphatic carbocycles. The predicted molar refractivity (Wildman–Crippen MR) is 63.1 cm³/mol. The first-order valence-corrected chi connectivity index (χ1v) is 5.69. The predicted octanol–water partition coefficient (Wildman–Crippen LogP) is 2.95. The van der Waals surface area contributed by atoms with E-state index in [0.717, 1.165) is 17.7 Å². The Morgan fingerprint density at radius 3 is 2.59 bits per heavy atom. The summed E-state index contributed by atoms with van der Waals surface area (Å²) in [5, 5.41) is 9.84. The number of aliphatic hydroxyl groups is 1. The number of rotatable bonds is 5. The lowest BCUT2D eigenvalue weighted by Crippen LogP contribution is -2.11.